The van der Waals surface area contributed by atoms with Gasteiger partial charge in [-0.25, -0.2) is 0 Å². The average molecular weight is 309 g/mol. The Morgan fingerprint density at radius 3 is 3.00 bits per heavy atom. The molecule has 1 fully saturated rings. The van der Waals surface area contributed by atoms with Crippen LogP contribution in [0.15, 0.2) is 22.7 Å². The third kappa shape index (κ3) is 3.24. The minimum atomic E-state index is 0.609. The van der Waals surface area contributed by atoms with E-state index in [1.807, 2.05) is 18.2 Å². The van der Waals surface area contributed by atoms with Gasteiger partial charge in [0.1, 0.15) is 6.07 Å². The quantitative estimate of drug-likeness (QED) is 0.860. The van der Waals surface area contributed by atoms with Gasteiger partial charge in [-0.1, -0.05) is 0 Å². The van der Waals surface area contributed by atoms with Crippen LogP contribution in [0, 0.1) is 17.2 Å². The Kier molecular flexibility index (Phi) is 4.62. The molecule has 1 aliphatic heterocycles. The van der Waals surface area contributed by atoms with Gasteiger partial charge >= 0.3 is 0 Å². The first-order chi connectivity index (χ1) is 8.70. The maximum atomic E-state index is 8.90. The van der Waals surface area contributed by atoms with Crippen molar-refractivity contribution in [3.8, 4) is 6.07 Å². The molecular formula is C14H17BrN2O. The van der Waals surface area contributed by atoms with E-state index in [2.05, 4.69) is 33.9 Å². The Labute approximate surface area is 116 Å². The van der Waals surface area contributed by atoms with Crippen LogP contribution in [-0.4, -0.2) is 26.8 Å². The number of anilines is 1. The molecule has 1 atom stereocenters. The van der Waals surface area contributed by atoms with Gasteiger partial charge in [0.15, 0.2) is 0 Å². The van der Waals surface area contributed by atoms with E-state index in [0.717, 1.165) is 36.3 Å². The van der Waals surface area contributed by atoms with Crippen molar-refractivity contribution in [3.63, 3.8) is 0 Å². The lowest BCUT2D eigenvalue weighted by Crippen LogP contribution is -2.30. The molecule has 0 bridgehead atoms. The summed E-state index contributed by atoms with van der Waals surface area (Å²) in [5, 5.41) is 8.90. The average Bonchev–Trinajstić information content (AvgIpc) is 2.39. The van der Waals surface area contributed by atoms with Gasteiger partial charge < -0.3 is 9.64 Å². The van der Waals surface area contributed by atoms with E-state index in [1.54, 1.807) is 0 Å². The van der Waals surface area contributed by atoms with Crippen LogP contribution in [0.2, 0.25) is 0 Å². The summed E-state index contributed by atoms with van der Waals surface area (Å²) in [6, 6.07) is 8.01. The fourth-order valence-corrected chi connectivity index (χ4v) is 2.73. The number of hydrogen-bond acceptors (Lipinski definition) is 3. The molecule has 18 heavy (non-hydrogen) atoms. The molecule has 0 aliphatic carbocycles. The predicted molar refractivity (Wildman–Crippen MR) is 75.7 cm³/mol. The molecule has 2 rings (SSSR count). The van der Waals surface area contributed by atoms with E-state index in [1.165, 1.54) is 6.42 Å². The Morgan fingerprint density at radius 1 is 1.56 bits per heavy atom. The largest absolute Gasteiger partial charge is 0.381 e. The van der Waals surface area contributed by atoms with E-state index < -0.39 is 0 Å². The molecule has 0 N–H and O–H groups in total. The van der Waals surface area contributed by atoms with Crippen LogP contribution in [0.3, 0.4) is 0 Å². The van der Waals surface area contributed by atoms with Crippen LogP contribution in [0.5, 0.6) is 0 Å². The summed E-state index contributed by atoms with van der Waals surface area (Å²) in [5.41, 5.74) is 1.81. The Balaban J connectivity index is 2.02. The molecule has 0 saturated carbocycles. The van der Waals surface area contributed by atoms with Gasteiger partial charge in [0, 0.05) is 30.4 Å². The van der Waals surface area contributed by atoms with Gasteiger partial charge in [-0.15, -0.1) is 0 Å². The van der Waals surface area contributed by atoms with Gasteiger partial charge in [0.25, 0.3) is 0 Å². The first-order valence-corrected chi connectivity index (χ1v) is 6.98. The number of halogens is 1. The van der Waals surface area contributed by atoms with Crippen molar-refractivity contribution >= 4 is 21.6 Å². The highest BCUT2D eigenvalue weighted by atomic mass is 79.9. The molecule has 96 valence electrons. The van der Waals surface area contributed by atoms with Crippen molar-refractivity contribution in [2.24, 2.45) is 5.92 Å². The van der Waals surface area contributed by atoms with Crippen LogP contribution in [0.25, 0.3) is 0 Å². The molecule has 4 heteroatoms. The van der Waals surface area contributed by atoms with Gasteiger partial charge in [-0.2, -0.15) is 5.26 Å². The normalized spacial score (nSPS) is 19.3. The summed E-state index contributed by atoms with van der Waals surface area (Å²) in [4.78, 5) is 2.23. The number of rotatable bonds is 3. The van der Waals surface area contributed by atoms with Crippen molar-refractivity contribution in [1.82, 2.24) is 0 Å². The standard InChI is InChI=1S/C14H17BrN2O/c1-17(9-11-3-2-6-18-10-11)13-5-4-12(8-16)14(15)7-13/h4-5,7,11H,2-3,6,9-10H2,1H3. The minimum absolute atomic E-state index is 0.609. The lowest BCUT2D eigenvalue weighted by atomic mass is 10.0. The molecule has 0 aromatic heterocycles. The summed E-state index contributed by atoms with van der Waals surface area (Å²) in [7, 11) is 2.09. The molecule has 1 aliphatic rings. The highest BCUT2D eigenvalue weighted by molar-refractivity contribution is 9.10. The van der Waals surface area contributed by atoms with Crippen LogP contribution >= 0.6 is 15.9 Å². The lowest BCUT2D eigenvalue weighted by molar-refractivity contribution is 0.0576. The second-order valence-corrected chi connectivity index (χ2v) is 5.59. The molecule has 1 heterocycles. The van der Waals surface area contributed by atoms with Crippen LogP contribution < -0.4 is 4.90 Å². The summed E-state index contributed by atoms with van der Waals surface area (Å²) < 4.78 is 6.36. The van der Waals surface area contributed by atoms with Crippen LogP contribution in [0.4, 0.5) is 5.69 Å². The zero-order chi connectivity index (χ0) is 13.0. The molecule has 1 unspecified atom stereocenters. The maximum Gasteiger partial charge on any atom is 0.100 e. The fraction of sp³-hybridized carbons (Fsp3) is 0.500. The Morgan fingerprint density at radius 2 is 2.39 bits per heavy atom. The molecule has 0 spiro atoms. The van der Waals surface area contributed by atoms with Crippen molar-refractivity contribution < 1.29 is 4.74 Å². The van der Waals surface area contributed by atoms with Crippen LogP contribution in [0.1, 0.15) is 18.4 Å². The van der Waals surface area contributed by atoms with Crippen molar-refractivity contribution in [3.05, 3.63) is 28.2 Å². The van der Waals surface area contributed by atoms with E-state index >= 15 is 0 Å². The number of nitriles is 1. The van der Waals surface area contributed by atoms with Crippen LogP contribution in [-0.2, 0) is 4.74 Å². The van der Waals surface area contributed by atoms with Crippen molar-refractivity contribution in [2.75, 3.05) is 31.7 Å². The number of hydrogen-bond donors (Lipinski definition) is 0. The third-order valence-corrected chi connectivity index (χ3v) is 3.96. The monoisotopic (exact) mass is 308 g/mol. The minimum Gasteiger partial charge on any atom is -0.381 e. The molecule has 0 amide bonds. The number of benzene rings is 1. The third-order valence-electron chi connectivity index (χ3n) is 3.30. The molecule has 3 nitrogen and oxygen atoms in total. The molecular weight excluding hydrogens is 292 g/mol. The van der Waals surface area contributed by atoms with Gasteiger partial charge in [-0.3, -0.25) is 0 Å². The highest BCUT2D eigenvalue weighted by Gasteiger charge is 2.16. The Hall–Kier alpha value is -1.05. The summed E-state index contributed by atoms with van der Waals surface area (Å²) in [5.74, 6) is 0.609. The zero-order valence-corrected chi connectivity index (χ0v) is 12.1. The number of nitrogens with zero attached hydrogens (tertiary/aromatic N) is 2. The van der Waals surface area contributed by atoms with Gasteiger partial charge in [-0.05, 0) is 52.9 Å². The fourth-order valence-electron chi connectivity index (χ4n) is 2.28. The molecule has 1 aromatic rings. The SMILES string of the molecule is CN(CC1CCCOC1)c1ccc(C#N)c(Br)c1. The van der Waals surface area contributed by atoms with E-state index in [9.17, 15) is 0 Å². The molecule has 1 aromatic carbocycles. The summed E-state index contributed by atoms with van der Waals surface area (Å²) >= 11 is 3.43. The lowest BCUT2D eigenvalue weighted by Gasteiger charge is -2.28. The second-order valence-electron chi connectivity index (χ2n) is 4.74. The maximum absolute atomic E-state index is 8.90. The van der Waals surface area contributed by atoms with E-state index in [4.69, 9.17) is 10.00 Å². The highest BCUT2D eigenvalue weighted by Crippen LogP contribution is 2.24. The topological polar surface area (TPSA) is 36.3 Å². The second kappa shape index (κ2) is 6.21. The van der Waals surface area contributed by atoms with E-state index in [0.29, 0.717) is 11.5 Å². The van der Waals surface area contributed by atoms with E-state index in [-0.39, 0.29) is 0 Å². The zero-order valence-electron chi connectivity index (χ0n) is 10.5. The summed E-state index contributed by atoms with van der Waals surface area (Å²) in [6.45, 7) is 2.77. The first-order valence-electron chi connectivity index (χ1n) is 6.19. The first kappa shape index (κ1) is 13.4. The van der Waals surface area contributed by atoms with Gasteiger partial charge in [0.2, 0.25) is 0 Å². The van der Waals surface area contributed by atoms with Crippen molar-refractivity contribution in [1.29, 1.82) is 5.26 Å². The predicted octanol–water partition coefficient (Wildman–Crippen LogP) is 3.18. The molecule has 0 radical (unpaired) electrons. The number of ether oxygens (including phenoxy) is 1. The van der Waals surface area contributed by atoms with Gasteiger partial charge in [0.05, 0.1) is 12.2 Å². The summed E-state index contributed by atoms with van der Waals surface area (Å²) in [6.07, 6.45) is 2.40. The smallest absolute Gasteiger partial charge is 0.100 e. The molecule has 1 saturated heterocycles. The Bertz CT molecular complexity index is 450. The van der Waals surface area contributed by atoms with Crippen molar-refractivity contribution in [2.45, 2.75) is 12.8 Å².